The maximum absolute atomic E-state index is 11.9. The van der Waals surface area contributed by atoms with E-state index < -0.39 is 0 Å². The van der Waals surface area contributed by atoms with Gasteiger partial charge < -0.3 is 9.47 Å². The Morgan fingerprint density at radius 2 is 2.04 bits per heavy atom. The standard InChI is InChI=1S/C16H15BrO4S2/c1-20-14(18)10-5-9-3-4-16(6-11(9)22-10)7-12(15(19)21-2)23-13(16)8-17/h5,7-8H,3-4,6H2,1-2H3/b13-8-. The van der Waals surface area contributed by atoms with Gasteiger partial charge in [-0.25, -0.2) is 9.59 Å². The molecule has 0 N–H and O–H groups in total. The third-order valence-corrected chi connectivity index (χ3v) is 7.37. The van der Waals surface area contributed by atoms with Crippen LogP contribution in [-0.2, 0) is 27.1 Å². The van der Waals surface area contributed by atoms with Crippen molar-refractivity contribution >= 4 is 51.0 Å². The smallest absolute Gasteiger partial charge is 0.348 e. The Balaban J connectivity index is 1.95. The minimum atomic E-state index is -0.300. The number of rotatable bonds is 2. The van der Waals surface area contributed by atoms with Crippen LogP contribution < -0.4 is 0 Å². The van der Waals surface area contributed by atoms with E-state index in [-0.39, 0.29) is 17.4 Å². The topological polar surface area (TPSA) is 52.6 Å². The van der Waals surface area contributed by atoms with Gasteiger partial charge in [-0.1, -0.05) is 33.8 Å². The molecule has 4 nitrogen and oxygen atoms in total. The summed E-state index contributed by atoms with van der Waals surface area (Å²) in [5.74, 6) is -0.591. The number of allylic oxidation sites excluding steroid dienone is 2. The van der Waals surface area contributed by atoms with Crippen molar-refractivity contribution in [2.75, 3.05) is 14.2 Å². The van der Waals surface area contributed by atoms with Gasteiger partial charge in [0.1, 0.15) is 4.88 Å². The number of methoxy groups -OCH3 is 2. The van der Waals surface area contributed by atoms with Gasteiger partial charge in [-0.2, -0.15) is 0 Å². The molecule has 0 amide bonds. The summed E-state index contributed by atoms with van der Waals surface area (Å²) in [6.45, 7) is 0. The van der Waals surface area contributed by atoms with Crippen molar-refractivity contribution in [3.05, 3.63) is 42.3 Å². The van der Waals surface area contributed by atoms with E-state index in [0.29, 0.717) is 9.78 Å². The molecule has 3 rings (SSSR count). The van der Waals surface area contributed by atoms with Crippen molar-refractivity contribution in [1.82, 2.24) is 0 Å². The molecule has 7 heteroatoms. The SMILES string of the molecule is COC(=O)C1=CC2(CCc3cc(C(=O)OC)sc3C2)/C(=C/Br)S1. The monoisotopic (exact) mass is 414 g/mol. The summed E-state index contributed by atoms with van der Waals surface area (Å²) >= 11 is 6.37. The van der Waals surface area contributed by atoms with Crippen LogP contribution >= 0.6 is 39.0 Å². The number of ether oxygens (including phenoxy) is 2. The van der Waals surface area contributed by atoms with E-state index >= 15 is 0 Å². The van der Waals surface area contributed by atoms with Gasteiger partial charge in [-0.15, -0.1) is 11.3 Å². The molecule has 2 heterocycles. The highest BCUT2D eigenvalue weighted by atomic mass is 79.9. The maximum Gasteiger partial charge on any atom is 0.348 e. The first-order valence-corrected chi connectivity index (χ1v) is 9.57. The van der Waals surface area contributed by atoms with Crippen molar-refractivity contribution in [3.8, 4) is 0 Å². The minimum absolute atomic E-state index is 0.192. The first-order chi connectivity index (χ1) is 11.0. The average Bonchev–Trinajstić information content (AvgIpc) is 3.14. The van der Waals surface area contributed by atoms with Crippen LogP contribution in [0.3, 0.4) is 0 Å². The third-order valence-electron chi connectivity index (χ3n) is 4.20. The number of esters is 2. The van der Waals surface area contributed by atoms with Crippen LogP contribution in [-0.4, -0.2) is 26.2 Å². The first-order valence-electron chi connectivity index (χ1n) is 7.03. The van der Waals surface area contributed by atoms with E-state index in [2.05, 4.69) is 15.9 Å². The molecule has 1 aromatic rings. The molecular formula is C16H15BrO4S2. The van der Waals surface area contributed by atoms with Crippen LogP contribution in [0.25, 0.3) is 0 Å². The number of fused-ring (bicyclic) bond motifs is 1. The van der Waals surface area contributed by atoms with Crippen LogP contribution in [0.5, 0.6) is 0 Å². The highest BCUT2D eigenvalue weighted by Crippen LogP contribution is 2.56. The molecule has 0 radical (unpaired) electrons. The number of carbonyl (C=O) groups excluding carboxylic acids is 2. The second kappa shape index (κ2) is 6.45. The zero-order valence-corrected chi connectivity index (χ0v) is 15.9. The molecule has 1 aliphatic carbocycles. The zero-order chi connectivity index (χ0) is 16.6. The fourth-order valence-corrected chi connectivity index (χ4v) is 6.16. The van der Waals surface area contributed by atoms with E-state index in [9.17, 15) is 9.59 Å². The van der Waals surface area contributed by atoms with Crippen LogP contribution in [0.4, 0.5) is 0 Å². The van der Waals surface area contributed by atoms with Gasteiger partial charge in [0, 0.05) is 15.2 Å². The molecule has 1 aliphatic heterocycles. The molecule has 2 aliphatic rings. The summed E-state index contributed by atoms with van der Waals surface area (Å²) in [4.78, 5) is 29.1. The summed E-state index contributed by atoms with van der Waals surface area (Å²) in [5.41, 5.74) is 1.02. The van der Waals surface area contributed by atoms with Gasteiger partial charge in [0.2, 0.25) is 0 Å². The molecule has 23 heavy (non-hydrogen) atoms. The van der Waals surface area contributed by atoms with Crippen LogP contribution in [0.15, 0.2) is 26.9 Å². The number of thiophene rings is 1. The van der Waals surface area contributed by atoms with E-state index in [1.54, 1.807) is 0 Å². The number of thioether (sulfide) groups is 1. The fourth-order valence-electron chi connectivity index (χ4n) is 3.00. The Morgan fingerprint density at radius 3 is 2.70 bits per heavy atom. The lowest BCUT2D eigenvalue weighted by atomic mass is 9.74. The van der Waals surface area contributed by atoms with Crippen LogP contribution in [0.1, 0.15) is 26.5 Å². The molecule has 122 valence electrons. The molecule has 0 aromatic carbocycles. The Kier molecular flexibility index (Phi) is 4.71. The average molecular weight is 415 g/mol. The second-order valence-electron chi connectivity index (χ2n) is 5.46. The van der Waals surface area contributed by atoms with Gasteiger partial charge in [0.25, 0.3) is 0 Å². The van der Waals surface area contributed by atoms with Crippen molar-refractivity contribution in [2.45, 2.75) is 19.3 Å². The van der Waals surface area contributed by atoms with Crippen LogP contribution in [0, 0.1) is 5.41 Å². The Hall–Kier alpha value is -1.05. The Bertz CT molecular complexity index is 734. The van der Waals surface area contributed by atoms with Crippen molar-refractivity contribution < 1.29 is 19.1 Å². The molecule has 1 aromatic heterocycles. The molecule has 0 fully saturated rings. The van der Waals surface area contributed by atoms with E-state index in [4.69, 9.17) is 9.47 Å². The first kappa shape index (κ1) is 16.8. The van der Waals surface area contributed by atoms with Crippen molar-refractivity contribution in [1.29, 1.82) is 0 Å². The van der Waals surface area contributed by atoms with Crippen LogP contribution in [0.2, 0.25) is 0 Å². The molecule has 1 unspecified atom stereocenters. The normalized spacial score (nSPS) is 24.5. The molecule has 0 saturated carbocycles. The van der Waals surface area contributed by atoms with Gasteiger partial charge in [0.05, 0.1) is 19.1 Å². The fraction of sp³-hybridized carbons (Fsp3) is 0.375. The largest absolute Gasteiger partial charge is 0.465 e. The predicted octanol–water partition coefficient (Wildman–Crippen LogP) is 4.05. The van der Waals surface area contributed by atoms with Crippen molar-refractivity contribution in [2.24, 2.45) is 5.41 Å². The summed E-state index contributed by atoms with van der Waals surface area (Å²) in [7, 11) is 2.79. The highest BCUT2D eigenvalue weighted by Gasteiger charge is 2.43. The molecule has 1 atom stereocenters. The maximum atomic E-state index is 11.9. The zero-order valence-electron chi connectivity index (χ0n) is 12.7. The molecule has 0 saturated heterocycles. The lowest BCUT2D eigenvalue weighted by Crippen LogP contribution is -2.25. The Morgan fingerprint density at radius 1 is 1.30 bits per heavy atom. The van der Waals surface area contributed by atoms with Gasteiger partial charge in [-0.3, -0.25) is 0 Å². The number of aryl methyl sites for hydroxylation is 1. The molecular weight excluding hydrogens is 400 g/mol. The summed E-state index contributed by atoms with van der Waals surface area (Å²) in [6.07, 6.45) is 4.59. The summed E-state index contributed by atoms with van der Waals surface area (Å²) < 4.78 is 9.66. The predicted molar refractivity (Wildman–Crippen MR) is 94.8 cm³/mol. The lowest BCUT2D eigenvalue weighted by Gasteiger charge is -2.32. The minimum Gasteiger partial charge on any atom is -0.465 e. The number of halogens is 1. The van der Waals surface area contributed by atoms with E-state index in [1.165, 1.54) is 47.8 Å². The van der Waals surface area contributed by atoms with E-state index in [0.717, 1.165) is 24.2 Å². The van der Waals surface area contributed by atoms with Gasteiger partial charge in [0.15, 0.2) is 0 Å². The third kappa shape index (κ3) is 2.90. The number of hydrogen-bond acceptors (Lipinski definition) is 6. The number of carbonyl (C=O) groups is 2. The summed E-state index contributed by atoms with van der Waals surface area (Å²) in [6, 6.07) is 1.93. The lowest BCUT2D eigenvalue weighted by molar-refractivity contribution is -0.135. The van der Waals surface area contributed by atoms with Crippen molar-refractivity contribution in [3.63, 3.8) is 0 Å². The van der Waals surface area contributed by atoms with E-state index in [1.807, 2.05) is 17.1 Å². The second-order valence-corrected chi connectivity index (χ2v) is 8.14. The molecule has 0 bridgehead atoms. The Labute approximate surface area is 151 Å². The highest BCUT2D eigenvalue weighted by molar-refractivity contribution is 9.11. The van der Waals surface area contributed by atoms with Gasteiger partial charge >= 0.3 is 11.9 Å². The quantitative estimate of drug-likeness (QED) is 0.683. The van der Waals surface area contributed by atoms with Gasteiger partial charge in [-0.05, 0) is 35.9 Å². The number of hydrogen-bond donors (Lipinski definition) is 0. The molecule has 1 spiro atoms. The summed E-state index contributed by atoms with van der Waals surface area (Å²) in [5, 5.41) is 0.